The number of hydrogen-bond donors (Lipinski definition) is 4. The third-order valence-corrected chi connectivity index (χ3v) is 6.00. The number of amides is 1. The van der Waals surface area contributed by atoms with E-state index in [9.17, 15) is 14.7 Å². The van der Waals surface area contributed by atoms with Gasteiger partial charge in [-0.2, -0.15) is 0 Å². The molecule has 1 atom stereocenters. The van der Waals surface area contributed by atoms with Gasteiger partial charge in [0, 0.05) is 66.3 Å². The Balaban J connectivity index is 0.000000257. The number of nitrogens with one attached hydrogen (secondary N) is 2. The van der Waals surface area contributed by atoms with Crippen molar-refractivity contribution in [3.05, 3.63) is 51.3 Å². The number of aliphatic hydroxyl groups is 1. The van der Waals surface area contributed by atoms with Gasteiger partial charge >= 0.3 is 0 Å². The second-order valence-corrected chi connectivity index (χ2v) is 8.80. The Kier molecular flexibility index (Phi) is 10.8. The summed E-state index contributed by atoms with van der Waals surface area (Å²) in [6, 6.07) is 5.11. The van der Waals surface area contributed by atoms with Crippen LogP contribution in [-0.4, -0.2) is 72.7 Å². The quantitative estimate of drug-likeness (QED) is 0.269. The molecule has 2 aromatic rings. The number of allylic oxidation sites excluding steroid dienone is 1. The largest absolute Gasteiger partial charge is 0.398 e. The summed E-state index contributed by atoms with van der Waals surface area (Å²) < 4.78 is 5.19. The third-order valence-electron chi connectivity index (χ3n) is 5.76. The van der Waals surface area contributed by atoms with Gasteiger partial charge in [-0.15, -0.1) is 0 Å². The van der Waals surface area contributed by atoms with Crippen molar-refractivity contribution >= 4 is 41.1 Å². The number of carbonyl (C=O) groups is 2. The number of aromatic nitrogens is 1. The number of anilines is 1. The minimum absolute atomic E-state index is 0.106. The van der Waals surface area contributed by atoms with Crippen molar-refractivity contribution in [2.24, 2.45) is 0 Å². The first-order valence-electron chi connectivity index (χ1n) is 11.2. The maximum atomic E-state index is 11.4. The Bertz CT molecular complexity index is 1010. The number of ether oxygens (including phenoxy) is 1. The van der Waals surface area contributed by atoms with Crippen LogP contribution in [0.3, 0.4) is 0 Å². The molecule has 1 aromatic heterocycles. The highest BCUT2D eigenvalue weighted by Crippen LogP contribution is 2.27. The average molecular weight is 491 g/mol. The number of carbonyl (C=O) groups excluding carboxylic acids is 2. The van der Waals surface area contributed by atoms with Crippen molar-refractivity contribution in [3.8, 4) is 0 Å². The normalized spacial score (nSPS) is 15.3. The molecule has 0 unspecified atom stereocenters. The zero-order valence-corrected chi connectivity index (χ0v) is 21.0. The molecule has 1 saturated heterocycles. The predicted molar refractivity (Wildman–Crippen MR) is 137 cm³/mol. The van der Waals surface area contributed by atoms with E-state index < -0.39 is 6.10 Å². The summed E-state index contributed by atoms with van der Waals surface area (Å²) in [6.45, 7) is 11.6. The SMILES string of the molecule is CC(=O)NC[C@@H](O)CN1CCOCC1.Cc1[nH]c(/C=C(\C=O)c2cc(Cl)ccc2N)c(C)c1C. The standard InChI is InChI=1S/C16H17ClN2O.C9H18N2O3/c1-9-10(2)16(19-11(9)3)6-12(8-20)14-7-13(17)4-5-15(14)18;1-8(12)10-6-9(13)7-11-2-4-14-5-3-11/h4-8,19H,18H2,1-3H3;9,13H,2-7H2,1H3,(H,10,12)/b12-6+;/t;9-/m.1/s1. The lowest BCUT2D eigenvalue weighted by molar-refractivity contribution is -0.119. The Morgan fingerprint density at radius 2 is 1.97 bits per heavy atom. The van der Waals surface area contributed by atoms with E-state index in [0.29, 0.717) is 34.9 Å². The van der Waals surface area contributed by atoms with Gasteiger partial charge in [-0.3, -0.25) is 14.5 Å². The molecule has 5 N–H and O–H groups in total. The Hall–Kier alpha value is -2.65. The van der Waals surface area contributed by atoms with Crippen molar-refractivity contribution in [2.75, 3.05) is 45.1 Å². The molecular weight excluding hydrogens is 456 g/mol. The fraction of sp³-hybridized carbons (Fsp3) is 0.440. The van der Waals surface area contributed by atoms with E-state index in [-0.39, 0.29) is 5.91 Å². The molecule has 1 aliphatic rings. The van der Waals surface area contributed by atoms with Crippen LogP contribution in [0.5, 0.6) is 0 Å². The molecule has 0 aliphatic carbocycles. The van der Waals surface area contributed by atoms with Crippen molar-refractivity contribution in [1.82, 2.24) is 15.2 Å². The molecule has 0 radical (unpaired) electrons. The van der Waals surface area contributed by atoms with Crippen LogP contribution in [0.25, 0.3) is 11.6 Å². The number of morpholine rings is 1. The van der Waals surface area contributed by atoms with Gasteiger partial charge in [-0.1, -0.05) is 11.6 Å². The second kappa shape index (κ2) is 13.3. The van der Waals surface area contributed by atoms with E-state index in [1.165, 1.54) is 12.5 Å². The minimum Gasteiger partial charge on any atom is -0.398 e. The highest BCUT2D eigenvalue weighted by molar-refractivity contribution is 6.31. The van der Waals surface area contributed by atoms with Crippen LogP contribution < -0.4 is 11.1 Å². The van der Waals surface area contributed by atoms with Crippen LogP contribution in [0.1, 0.15) is 35.0 Å². The molecule has 9 heteroatoms. The molecule has 1 aromatic carbocycles. The summed E-state index contributed by atoms with van der Waals surface area (Å²) in [5, 5.41) is 12.7. The Labute approximate surface area is 206 Å². The molecule has 0 spiro atoms. The number of β-amino-alcohol motifs (C(OH)–C–C–N with tert-alkyl or cyclic N) is 1. The zero-order chi connectivity index (χ0) is 25.3. The van der Waals surface area contributed by atoms with E-state index in [1.54, 1.807) is 18.2 Å². The van der Waals surface area contributed by atoms with Gasteiger partial charge in [0.2, 0.25) is 5.91 Å². The highest BCUT2D eigenvalue weighted by Gasteiger charge is 2.14. The molecule has 0 saturated carbocycles. The summed E-state index contributed by atoms with van der Waals surface area (Å²) in [5.74, 6) is -0.106. The Morgan fingerprint density at radius 1 is 1.29 bits per heavy atom. The number of rotatable bonds is 7. The third kappa shape index (κ3) is 8.29. The summed E-state index contributed by atoms with van der Waals surface area (Å²) in [5.41, 5.74) is 12.0. The van der Waals surface area contributed by atoms with Crippen LogP contribution in [0.4, 0.5) is 5.69 Å². The first kappa shape index (κ1) is 27.6. The summed E-state index contributed by atoms with van der Waals surface area (Å²) in [4.78, 5) is 27.4. The lowest BCUT2D eigenvalue weighted by Crippen LogP contribution is -2.44. The van der Waals surface area contributed by atoms with Gasteiger partial charge in [-0.25, -0.2) is 0 Å². The predicted octanol–water partition coefficient (Wildman–Crippen LogP) is 2.73. The fourth-order valence-electron chi connectivity index (χ4n) is 3.53. The number of halogens is 1. The molecule has 1 aliphatic heterocycles. The van der Waals surface area contributed by atoms with Crippen molar-refractivity contribution in [1.29, 1.82) is 0 Å². The molecular formula is C25H35ClN4O4. The molecule has 8 nitrogen and oxygen atoms in total. The number of benzene rings is 1. The lowest BCUT2D eigenvalue weighted by Gasteiger charge is -2.28. The van der Waals surface area contributed by atoms with Crippen molar-refractivity contribution in [3.63, 3.8) is 0 Å². The van der Waals surface area contributed by atoms with Gasteiger partial charge in [0.15, 0.2) is 6.29 Å². The molecule has 1 amide bonds. The van der Waals surface area contributed by atoms with E-state index >= 15 is 0 Å². The molecule has 1 fully saturated rings. The molecule has 3 rings (SSSR count). The number of H-pyrrole nitrogens is 1. The summed E-state index contributed by atoms with van der Waals surface area (Å²) >= 11 is 5.97. The topological polar surface area (TPSA) is 121 Å². The van der Waals surface area contributed by atoms with E-state index in [1.807, 2.05) is 26.8 Å². The average Bonchev–Trinajstić information content (AvgIpc) is 3.05. The molecule has 34 heavy (non-hydrogen) atoms. The number of nitrogens with zero attached hydrogens (tertiary/aromatic N) is 1. The number of aryl methyl sites for hydroxylation is 1. The number of aromatic amines is 1. The number of hydrogen-bond acceptors (Lipinski definition) is 6. The highest BCUT2D eigenvalue weighted by atomic mass is 35.5. The van der Waals surface area contributed by atoms with Gasteiger partial charge in [0.1, 0.15) is 0 Å². The van der Waals surface area contributed by atoms with Crippen LogP contribution in [0.15, 0.2) is 18.2 Å². The van der Waals surface area contributed by atoms with Gasteiger partial charge < -0.3 is 25.9 Å². The monoisotopic (exact) mass is 490 g/mol. The lowest BCUT2D eigenvalue weighted by atomic mass is 10.0. The smallest absolute Gasteiger partial charge is 0.216 e. The second-order valence-electron chi connectivity index (χ2n) is 8.37. The number of aliphatic hydroxyl groups excluding tert-OH is 1. The maximum absolute atomic E-state index is 11.4. The van der Waals surface area contributed by atoms with Gasteiger partial charge in [0.25, 0.3) is 0 Å². The fourth-order valence-corrected chi connectivity index (χ4v) is 3.71. The minimum atomic E-state index is -0.489. The Morgan fingerprint density at radius 3 is 2.53 bits per heavy atom. The molecule has 186 valence electrons. The van der Waals surface area contributed by atoms with Crippen LogP contribution in [-0.2, 0) is 14.3 Å². The first-order chi connectivity index (χ1) is 16.1. The van der Waals surface area contributed by atoms with Crippen LogP contribution >= 0.6 is 11.6 Å². The van der Waals surface area contributed by atoms with E-state index in [0.717, 1.165) is 49.5 Å². The first-order valence-corrected chi connectivity index (χ1v) is 11.6. The van der Waals surface area contributed by atoms with Gasteiger partial charge in [0.05, 0.1) is 19.3 Å². The van der Waals surface area contributed by atoms with Crippen molar-refractivity contribution < 1.29 is 19.4 Å². The van der Waals surface area contributed by atoms with Crippen molar-refractivity contribution in [2.45, 2.75) is 33.8 Å². The molecule has 0 bridgehead atoms. The van der Waals surface area contributed by atoms with E-state index in [2.05, 4.69) is 15.2 Å². The van der Waals surface area contributed by atoms with Crippen LogP contribution in [0, 0.1) is 20.8 Å². The maximum Gasteiger partial charge on any atom is 0.216 e. The number of nitrogen functional groups attached to an aromatic ring is 1. The number of nitrogens with two attached hydrogens (primary N) is 1. The summed E-state index contributed by atoms with van der Waals surface area (Å²) in [6.07, 6.45) is 2.12. The van der Waals surface area contributed by atoms with Gasteiger partial charge in [-0.05, 0) is 56.2 Å². The van der Waals surface area contributed by atoms with E-state index in [4.69, 9.17) is 22.1 Å². The number of aldehydes is 1. The molecule has 2 heterocycles. The zero-order valence-electron chi connectivity index (χ0n) is 20.3. The van der Waals surface area contributed by atoms with Crippen LogP contribution in [0.2, 0.25) is 5.02 Å². The summed E-state index contributed by atoms with van der Waals surface area (Å²) in [7, 11) is 0.